The van der Waals surface area contributed by atoms with Crippen LogP contribution in [0.15, 0.2) is 35.3 Å². The third-order valence-corrected chi connectivity index (χ3v) is 3.54. The molecule has 0 amide bonds. The van der Waals surface area contributed by atoms with E-state index in [1.165, 1.54) is 0 Å². The Morgan fingerprint density at radius 3 is 2.52 bits per heavy atom. The quantitative estimate of drug-likeness (QED) is 0.582. The maximum atomic E-state index is 11.6. The Morgan fingerprint density at radius 2 is 1.96 bits per heavy atom. The minimum absolute atomic E-state index is 0.0994. The van der Waals surface area contributed by atoms with Crippen LogP contribution in [0.1, 0.15) is 46.2 Å². The summed E-state index contributed by atoms with van der Waals surface area (Å²) < 4.78 is 22.8. The Kier molecular flexibility index (Phi) is 6.56. The SMILES string of the molecule is CCOC(C)OC1C(C=O)OC(OC(C)(C)C)=NC1c1ccccc1. The molecule has 0 bridgehead atoms. The van der Waals surface area contributed by atoms with Crippen molar-refractivity contribution in [1.82, 2.24) is 0 Å². The fourth-order valence-corrected chi connectivity index (χ4v) is 2.56. The molecular weight excluding hydrogens is 322 g/mol. The van der Waals surface area contributed by atoms with E-state index >= 15 is 0 Å². The molecule has 0 fully saturated rings. The summed E-state index contributed by atoms with van der Waals surface area (Å²) >= 11 is 0. The Labute approximate surface area is 149 Å². The van der Waals surface area contributed by atoms with Crippen LogP contribution in [0.3, 0.4) is 0 Å². The van der Waals surface area contributed by atoms with Crippen LogP contribution in [0.4, 0.5) is 0 Å². The van der Waals surface area contributed by atoms with E-state index in [4.69, 9.17) is 18.9 Å². The van der Waals surface area contributed by atoms with Crippen molar-refractivity contribution in [2.45, 2.75) is 64.8 Å². The maximum absolute atomic E-state index is 11.6. The van der Waals surface area contributed by atoms with Gasteiger partial charge in [-0.2, -0.15) is 0 Å². The summed E-state index contributed by atoms with van der Waals surface area (Å²) in [5.74, 6) is 0. The molecular formula is C19H27NO5. The molecule has 0 spiro atoms. The average Bonchev–Trinajstić information content (AvgIpc) is 2.55. The lowest BCUT2D eigenvalue weighted by Gasteiger charge is -2.36. The summed E-state index contributed by atoms with van der Waals surface area (Å²) in [6.07, 6.45) is -1.09. The molecule has 4 unspecified atom stereocenters. The highest BCUT2D eigenvalue weighted by Gasteiger charge is 2.40. The van der Waals surface area contributed by atoms with Crippen molar-refractivity contribution >= 4 is 12.4 Å². The van der Waals surface area contributed by atoms with Crippen LogP contribution in [0.2, 0.25) is 0 Å². The zero-order chi connectivity index (χ0) is 18.4. The largest absolute Gasteiger partial charge is 0.445 e. The second kappa shape index (κ2) is 8.45. The molecule has 0 aromatic heterocycles. The summed E-state index contributed by atoms with van der Waals surface area (Å²) in [6.45, 7) is 9.87. The van der Waals surface area contributed by atoms with Crippen molar-refractivity contribution in [2.75, 3.05) is 6.61 Å². The van der Waals surface area contributed by atoms with Gasteiger partial charge in [-0.3, -0.25) is 4.79 Å². The topological polar surface area (TPSA) is 66.4 Å². The van der Waals surface area contributed by atoms with Crippen LogP contribution in [0.5, 0.6) is 0 Å². The van der Waals surface area contributed by atoms with Gasteiger partial charge < -0.3 is 18.9 Å². The number of hydrogen-bond acceptors (Lipinski definition) is 6. The van der Waals surface area contributed by atoms with Gasteiger partial charge in [-0.05, 0) is 40.2 Å². The van der Waals surface area contributed by atoms with E-state index in [2.05, 4.69) is 4.99 Å². The van der Waals surface area contributed by atoms with E-state index in [-0.39, 0.29) is 6.08 Å². The first-order valence-electron chi connectivity index (χ1n) is 8.55. The zero-order valence-electron chi connectivity index (χ0n) is 15.5. The number of nitrogens with zero attached hydrogens (tertiary/aromatic N) is 1. The molecule has 6 heteroatoms. The number of benzene rings is 1. The molecule has 0 saturated heterocycles. The van der Waals surface area contributed by atoms with Gasteiger partial charge in [0.15, 0.2) is 18.7 Å². The monoisotopic (exact) mass is 349 g/mol. The number of aldehydes is 1. The highest BCUT2D eigenvalue weighted by molar-refractivity contribution is 5.73. The fourth-order valence-electron chi connectivity index (χ4n) is 2.56. The predicted octanol–water partition coefficient (Wildman–Crippen LogP) is 3.26. The Hall–Kier alpha value is -1.92. The van der Waals surface area contributed by atoms with E-state index < -0.39 is 30.1 Å². The van der Waals surface area contributed by atoms with E-state index in [0.717, 1.165) is 11.8 Å². The second-order valence-corrected chi connectivity index (χ2v) is 6.81. The number of carbonyl (C=O) groups excluding carboxylic acids is 1. The lowest BCUT2D eigenvalue weighted by atomic mass is 9.97. The number of carbonyl (C=O) groups is 1. The van der Waals surface area contributed by atoms with Crippen LogP contribution in [0.25, 0.3) is 0 Å². The molecule has 1 aromatic rings. The number of hydrogen-bond donors (Lipinski definition) is 0. The summed E-state index contributed by atoms with van der Waals surface area (Å²) in [6, 6.07) is 9.22. The Morgan fingerprint density at radius 1 is 1.28 bits per heavy atom. The Bertz CT molecular complexity index is 581. The average molecular weight is 349 g/mol. The molecule has 6 nitrogen and oxygen atoms in total. The number of aliphatic imine (C=N–C) groups is 1. The molecule has 1 heterocycles. The molecule has 1 aromatic carbocycles. The van der Waals surface area contributed by atoms with Gasteiger partial charge in [-0.15, -0.1) is 0 Å². The van der Waals surface area contributed by atoms with Gasteiger partial charge >= 0.3 is 6.08 Å². The van der Waals surface area contributed by atoms with Crippen molar-refractivity contribution < 1.29 is 23.7 Å². The smallest absolute Gasteiger partial charge is 0.385 e. The van der Waals surface area contributed by atoms with Crippen molar-refractivity contribution in [3.05, 3.63) is 35.9 Å². The van der Waals surface area contributed by atoms with E-state index in [0.29, 0.717) is 6.61 Å². The zero-order valence-corrected chi connectivity index (χ0v) is 15.5. The molecule has 0 N–H and O–H groups in total. The maximum Gasteiger partial charge on any atom is 0.385 e. The van der Waals surface area contributed by atoms with E-state index in [1.54, 1.807) is 6.92 Å². The van der Waals surface area contributed by atoms with Crippen LogP contribution in [-0.2, 0) is 23.7 Å². The van der Waals surface area contributed by atoms with Crippen LogP contribution in [0, 0.1) is 0 Å². The van der Waals surface area contributed by atoms with Gasteiger partial charge in [0.05, 0.1) is 0 Å². The summed E-state index contributed by atoms with van der Waals surface area (Å²) in [5.41, 5.74) is 0.432. The molecule has 1 aliphatic heterocycles. The molecule has 138 valence electrons. The number of ether oxygens (including phenoxy) is 4. The van der Waals surface area contributed by atoms with Crippen LogP contribution < -0.4 is 0 Å². The molecule has 4 atom stereocenters. The standard InChI is InChI=1S/C19H27NO5/c1-6-22-13(2)23-17-15(12-21)24-18(25-19(3,4)5)20-16(17)14-10-8-7-9-11-14/h7-13,15-17H,6H2,1-5H3. The van der Waals surface area contributed by atoms with Crippen molar-refractivity contribution in [2.24, 2.45) is 4.99 Å². The Balaban J connectivity index is 2.35. The third-order valence-electron chi connectivity index (χ3n) is 3.54. The predicted molar refractivity (Wildman–Crippen MR) is 94.4 cm³/mol. The van der Waals surface area contributed by atoms with Gasteiger partial charge in [0.2, 0.25) is 0 Å². The second-order valence-electron chi connectivity index (χ2n) is 6.81. The number of rotatable bonds is 6. The highest BCUT2D eigenvalue weighted by Crippen LogP contribution is 2.32. The molecule has 2 rings (SSSR count). The van der Waals surface area contributed by atoms with Crippen molar-refractivity contribution in [1.29, 1.82) is 0 Å². The molecule has 0 radical (unpaired) electrons. The summed E-state index contributed by atoms with van der Waals surface area (Å²) in [7, 11) is 0. The van der Waals surface area contributed by atoms with Gasteiger partial charge in [-0.1, -0.05) is 30.3 Å². The van der Waals surface area contributed by atoms with Gasteiger partial charge in [0, 0.05) is 6.61 Å². The minimum atomic E-state index is -0.831. The van der Waals surface area contributed by atoms with E-state index in [9.17, 15) is 4.79 Å². The van der Waals surface area contributed by atoms with E-state index in [1.807, 2.05) is 58.0 Å². The van der Waals surface area contributed by atoms with Gasteiger partial charge in [-0.25, -0.2) is 4.99 Å². The lowest BCUT2D eigenvalue weighted by molar-refractivity contribution is -0.191. The molecule has 0 aliphatic carbocycles. The first kappa shape index (κ1) is 19.4. The van der Waals surface area contributed by atoms with Crippen LogP contribution >= 0.6 is 0 Å². The van der Waals surface area contributed by atoms with Crippen molar-refractivity contribution in [3.8, 4) is 0 Å². The van der Waals surface area contributed by atoms with Gasteiger partial charge in [0.25, 0.3) is 0 Å². The normalized spacial score (nSPS) is 24.8. The molecule has 25 heavy (non-hydrogen) atoms. The van der Waals surface area contributed by atoms with Gasteiger partial charge in [0.1, 0.15) is 17.7 Å². The first-order valence-corrected chi connectivity index (χ1v) is 8.55. The molecule has 1 aliphatic rings. The summed E-state index contributed by atoms with van der Waals surface area (Å²) in [5, 5.41) is 0. The first-order chi connectivity index (χ1) is 11.8. The highest BCUT2D eigenvalue weighted by atomic mass is 16.7. The lowest BCUT2D eigenvalue weighted by Crippen LogP contribution is -2.46. The van der Waals surface area contributed by atoms with Crippen LogP contribution in [-0.4, -0.2) is 43.1 Å². The fraction of sp³-hybridized carbons (Fsp3) is 0.579. The third kappa shape index (κ3) is 5.54. The summed E-state index contributed by atoms with van der Waals surface area (Å²) in [4.78, 5) is 16.2. The minimum Gasteiger partial charge on any atom is -0.445 e. The molecule has 0 saturated carbocycles. The van der Waals surface area contributed by atoms with Crippen molar-refractivity contribution in [3.63, 3.8) is 0 Å².